The Morgan fingerprint density at radius 3 is 2.71 bits per heavy atom. The van der Waals surface area contributed by atoms with E-state index >= 15 is 0 Å². The fourth-order valence-corrected chi connectivity index (χ4v) is 1.51. The van der Waals surface area contributed by atoms with Crippen molar-refractivity contribution in [1.82, 2.24) is 15.0 Å². The van der Waals surface area contributed by atoms with Crippen molar-refractivity contribution in [3.63, 3.8) is 0 Å². The summed E-state index contributed by atoms with van der Waals surface area (Å²) in [7, 11) is 0. The van der Waals surface area contributed by atoms with Crippen LogP contribution in [0.4, 0.5) is 8.78 Å². The second-order valence-electron chi connectivity index (χ2n) is 3.65. The van der Waals surface area contributed by atoms with Crippen LogP contribution in [-0.2, 0) is 0 Å². The molecule has 1 unspecified atom stereocenters. The van der Waals surface area contributed by atoms with Gasteiger partial charge in [-0.25, -0.2) is 13.5 Å². The van der Waals surface area contributed by atoms with Gasteiger partial charge in [0.1, 0.15) is 5.69 Å². The normalized spacial score (nSPS) is 13.0. The van der Waals surface area contributed by atoms with E-state index in [0.717, 1.165) is 4.68 Å². The summed E-state index contributed by atoms with van der Waals surface area (Å²) in [6.45, 7) is 1.62. The predicted octanol–water partition coefficient (Wildman–Crippen LogP) is 0.648. The van der Waals surface area contributed by atoms with Gasteiger partial charge in [0.05, 0.1) is 6.04 Å². The third-order valence-electron chi connectivity index (χ3n) is 2.37. The minimum atomic E-state index is -2.87. The number of aliphatic hydroxyl groups is 1. The molecule has 0 aliphatic rings. The molecule has 1 heterocycles. The maximum atomic E-state index is 12.8. The summed E-state index contributed by atoms with van der Waals surface area (Å²) < 4.78 is 26.6. The van der Waals surface area contributed by atoms with E-state index in [4.69, 9.17) is 10.8 Å². The average Bonchev–Trinajstić information content (AvgIpc) is 2.70. The number of amides is 1. The van der Waals surface area contributed by atoms with Crippen LogP contribution in [0, 0.1) is 0 Å². The highest BCUT2D eigenvalue weighted by Gasteiger charge is 2.27. The monoisotopic (exact) mass is 248 g/mol. The molecule has 1 aromatic heterocycles. The Labute approximate surface area is 96.4 Å². The van der Waals surface area contributed by atoms with Crippen molar-refractivity contribution in [1.29, 1.82) is 0 Å². The number of alkyl halides is 2. The number of primary amides is 1. The SMILES string of the molecule is CC(CCCO)n1nnc(C(N)=O)c1C(F)F. The third kappa shape index (κ3) is 2.96. The topological polar surface area (TPSA) is 94.0 Å². The van der Waals surface area contributed by atoms with E-state index in [0.29, 0.717) is 12.8 Å². The smallest absolute Gasteiger partial charge is 0.282 e. The summed E-state index contributed by atoms with van der Waals surface area (Å²) in [5.74, 6) is -1.03. The zero-order valence-corrected chi connectivity index (χ0v) is 9.31. The van der Waals surface area contributed by atoms with Crippen LogP contribution in [0.2, 0.25) is 0 Å². The van der Waals surface area contributed by atoms with Gasteiger partial charge in [-0.1, -0.05) is 5.21 Å². The quantitative estimate of drug-likeness (QED) is 0.772. The van der Waals surface area contributed by atoms with Crippen molar-refractivity contribution >= 4 is 5.91 Å². The number of rotatable bonds is 6. The minimum Gasteiger partial charge on any atom is -0.396 e. The van der Waals surface area contributed by atoms with Crippen LogP contribution in [0.15, 0.2) is 0 Å². The Balaban J connectivity index is 3.03. The number of carbonyl (C=O) groups excluding carboxylic acids is 1. The van der Waals surface area contributed by atoms with Gasteiger partial charge in [0, 0.05) is 6.61 Å². The highest BCUT2D eigenvalue weighted by atomic mass is 19.3. The Kier molecular flexibility index (Phi) is 4.50. The van der Waals surface area contributed by atoms with E-state index in [9.17, 15) is 13.6 Å². The van der Waals surface area contributed by atoms with Crippen molar-refractivity contribution in [3.8, 4) is 0 Å². The molecule has 0 aliphatic heterocycles. The number of hydrogen-bond acceptors (Lipinski definition) is 4. The first-order valence-corrected chi connectivity index (χ1v) is 5.13. The Hall–Kier alpha value is -1.57. The molecule has 1 atom stereocenters. The Bertz CT molecular complexity index is 394. The van der Waals surface area contributed by atoms with Crippen LogP contribution in [0.1, 0.15) is 48.4 Å². The number of halogens is 2. The summed E-state index contributed by atoms with van der Waals surface area (Å²) in [4.78, 5) is 10.9. The van der Waals surface area contributed by atoms with Gasteiger partial charge in [-0.15, -0.1) is 5.10 Å². The van der Waals surface area contributed by atoms with Gasteiger partial charge in [-0.05, 0) is 19.8 Å². The van der Waals surface area contributed by atoms with E-state index in [1.54, 1.807) is 6.92 Å². The highest BCUT2D eigenvalue weighted by molar-refractivity contribution is 5.91. The number of carbonyl (C=O) groups is 1. The molecule has 17 heavy (non-hydrogen) atoms. The van der Waals surface area contributed by atoms with Crippen molar-refractivity contribution in [2.24, 2.45) is 5.73 Å². The first-order valence-electron chi connectivity index (χ1n) is 5.13. The first-order chi connectivity index (χ1) is 7.99. The lowest BCUT2D eigenvalue weighted by molar-refractivity contribution is 0.0975. The summed E-state index contributed by atoms with van der Waals surface area (Å²) in [6, 6.07) is -0.383. The molecule has 8 heteroatoms. The molecule has 0 saturated heterocycles. The zero-order chi connectivity index (χ0) is 13.0. The average molecular weight is 248 g/mol. The molecule has 1 aromatic rings. The Morgan fingerprint density at radius 1 is 1.59 bits per heavy atom. The fraction of sp³-hybridized carbons (Fsp3) is 0.667. The van der Waals surface area contributed by atoms with E-state index in [1.165, 1.54) is 0 Å². The molecule has 0 saturated carbocycles. The largest absolute Gasteiger partial charge is 0.396 e. The van der Waals surface area contributed by atoms with Gasteiger partial charge >= 0.3 is 0 Å². The van der Waals surface area contributed by atoms with Gasteiger partial charge in [-0.3, -0.25) is 4.79 Å². The third-order valence-corrected chi connectivity index (χ3v) is 2.37. The van der Waals surface area contributed by atoms with E-state index in [1.807, 2.05) is 0 Å². The number of nitrogens with two attached hydrogens (primary N) is 1. The molecule has 96 valence electrons. The van der Waals surface area contributed by atoms with Crippen molar-refractivity contribution in [2.75, 3.05) is 6.61 Å². The van der Waals surface area contributed by atoms with Gasteiger partial charge in [0.15, 0.2) is 5.69 Å². The Morgan fingerprint density at radius 2 is 2.24 bits per heavy atom. The lowest BCUT2D eigenvalue weighted by Gasteiger charge is -2.13. The van der Waals surface area contributed by atoms with Crippen molar-refractivity contribution in [2.45, 2.75) is 32.2 Å². The van der Waals surface area contributed by atoms with E-state index in [-0.39, 0.29) is 12.6 Å². The summed E-state index contributed by atoms with van der Waals surface area (Å²) in [6.07, 6.45) is -1.96. The summed E-state index contributed by atoms with van der Waals surface area (Å²) >= 11 is 0. The molecule has 6 nitrogen and oxygen atoms in total. The second-order valence-corrected chi connectivity index (χ2v) is 3.65. The molecular formula is C9H14F2N4O2. The van der Waals surface area contributed by atoms with Crippen LogP contribution in [0.25, 0.3) is 0 Å². The van der Waals surface area contributed by atoms with Crippen LogP contribution < -0.4 is 5.73 Å². The number of nitrogens with zero attached hydrogens (tertiary/aromatic N) is 3. The molecule has 1 amide bonds. The van der Waals surface area contributed by atoms with Gasteiger partial charge in [0.25, 0.3) is 12.3 Å². The number of hydrogen-bond donors (Lipinski definition) is 2. The fourth-order valence-electron chi connectivity index (χ4n) is 1.51. The van der Waals surface area contributed by atoms with Crippen LogP contribution in [0.3, 0.4) is 0 Å². The molecular weight excluding hydrogens is 234 g/mol. The number of aromatic nitrogens is 3. The lowest BCUT2D eigenvalue weighted by atomic mass is 10.2. The first kappa shape index (κ1) is 13.5. The molecule has 1 rings (SSSR count). The molecule has 0 bridgehead atoms. The van der Waals surface area contributed by atoms with E-state index in [2.05, 4.69) is 10.3 Å². The standard InChI is InChI=1S/C9H14F2N4O2/c1-5(3-2-4-16)15-7(8(10)11)6(9(12)17)13-14-15/h5,8,16H,2-4H2,1H3,(H2,12,17). The van der Waals surface area contributed by atoms with E-state index < -0.39 is 23.7 Å². The van der Waals surface area contributed by atoms with Crippen LogP contribution in [-0.4, -0.2) is 32.6 Å². The van der Waals surface area contributed by atoms with Crippen LogP contribution >= 0.6 is 0 Å². The molecule has 0 aromatic carbocycles. The summed E-state index contributed by atoms with van der Waals surface area (Å²) in [5, 5.41) is 15.5. The predicted molar refractivity (Wildman–Crippen MR) is 54.5 cm³/mol. The number of aliphatic hydroxyl groups excluding tert-OH is 1. The van der Waals surface area contributed by atoms with Gasteiger partial charge in [0.2, 0.25) is 0 Å². The van der Waals surface area contributed by atoms with Crippen LogP contribution in [0.5, 0.6) is 0 Å². The summed E-state index contributed by atoms with van der Waals surface area (Å²) in [5.41, 5.74) is 3.87. The second kappa shape index (κ2) is 5.67. The molecule has 0 fully saturated rings. The van der Waals surface area contributed by atoms with Gasteiger partial charge < -0.3 is 10.8 Å². The minimum absolute atomic E-state index is 0.0360. The molecule has 0 aliphatic carbocycles. The highest BCUT2D eigenvalue weighted by Crippen LogP contribution is 2.25. The lowest BCUT2D eigenvalue weighted by Crippen LogP contribution is -2.17. The molecule has 0 spiro atoms. The van der Waals surface area contributed by atoms with Crippen molar-refractivity contribution < 1.29 is 18.7 Å². The molecule has 3 N–H and O–H groups in total. The van der Waals surface area contributed by atoms with Crippen molar-refractivity contribution in [3.05, 3.63) is 11.4 Å². The molecule has 0 radical (unpaired) electrons. The zero-order valence-electron chi connectivity index (χ0n) is 9.31. The van der Waals surface area contributed by atoms with Gasteiger partial charge in [-0.2, -0.15) is 0 Å². The maximum absolute atomic E-state index is 12.8. The maximum Gasteiger partial charge on any atom is 0.282 e.